The number of hydrogen-bond donors (Lipinski definition) is 2. The van der Waals surface area contributed by atoms with Gasteiger partial charge in [-0.3, -0.25) is 13.9 Å². The van der Waals surface area contributed by atoms with Crippen LogP contribution in [0.15, 0.2) is 53.6 Å². The van der Waals surface area contributed by atoms with Crippen molar-refractivity contribution in [2.24, 2.45) is 5.10 Å². The van der Waals surface area contributed by atoms with Crippen LogP contribution in [-0.2, 0) is 19.6 Å². The molecule has 154 valence electrons. The van der Waals surface area contributed by atoms with Gasteiger partial charge in [-0.05, 0) is 43.7 Å². The number of aryl methyl sites for hydroxylation is 1. The predicted octanol–water partition coefficient (Wildman–Crippen LogP) is 2.26. The lowest BCUT2D eigenvalue weighted by Crippen LogP contribution is -2.39. The summed E-state index contributed by atoms with van der Waals surface area (Å²) in [4.78, 5) is 23.5. The van der Waals surface area contributed by atoms with Crippen LogP contribution in [-0.4, -0.2) is 38.7 Å². The quantitative estimate of drug-likeness (QED) is 0.533. The molecule has 0 fully saturated rings. The Morgan fingerprint density at radius 1 is 1.07 bits per heavy atom. The Balaban J connectivity index is 2.12. The van der Waals surface area contributed by atoms with Gasteiger partial charge in [-0.15, -0.1) is 0 Å². The van der Waals surface area contributed by atoms with Crippen molar-refractivity contribution < 1.29 is 18.0 Å². The molecule has 0 saturated heterocycles. The summed E-state index contributed by atoms with van der Waals surface area (Å²) >= 11 is 0. The van der Waals surface area contributed by atoms with Crippen LogP contribution < -0.4 is 15.0 Å². The summed E-state index contributed by atoms with van der Waals surface area (Å²) in [7, 11) is -3.65. The Morgan fingerprint density at radius 3 is 2.31 bits per heavy atom. The number of hydrazone groups is 1. The molecule has 0 atom stereocenters. The number of nitrogens with zero attached hydrogens (tertiary/aromatic N) is 2. The lowest BCUT2D eigenvalue weighted by Gasteiger charge is -2.21. The Kier molecular flexibility index (Phi) is 7.11. The molecule has 2 aromatic rings. The van der Waals surface area contributed by atoms with E-state index in [4.69, 9.17) is 0 Å². The van der Waals surface area contributed by atoms with Gasteiger partial charge in [0.05, 0.1) is 17.7 Å². The molecule has 29 heavy (non-hydrogen) atoms. The Labute approximate surface area is 170 Å². The topological polar surface area (TPSA) is 108 Å². The third-order valence-electron chi connectivity index (χ3n) is 3.96. The van der Waals surface area contributed by atoms with Crippen LogP contribution in [0.4, 0.5) is 11.4 Å². The van der Waals surface area contributed by atoms with E-state index >= 15 is 0 Å². The van der Waals surface area contributed by atoms with Crippen molar-refractivity contribution in [2.45, 2.75) is 20.8 Å². The van der Waals surface area contributed by atoms with Gasteiger partial charge in [0.1, 0.15) is 6.54 Å². The molecule has 0 aliphatic carbocycles. The van der Waals surface area contributed by atoms with E-state index in [9.17, 15) is 18.0 Å². The highest BCUT2D eigenvalue weighted by Crippen LogP contribution is 2.18. The first-order valence-corrected chi connectivity index (χ1v) is 10.7. The lowest BCUT2D eigenvalue weighted by molar-refractivity contribution is -0.119. The first-order valence-electron chi connectivity index (χ1n) is 8.82. The van der Waals surface area contributed by atoms with Crippen LogP contribution in [0, 0.1) is 6.92 Å². The molecule has 0 spiro atoms. The van der Waals surface area contributed by atoms with Gasteiger partial charge in [-0.25, -0.2) is 13.8 Å². The van der Waals surface area contributed by atoms with Crippen LogP contribution in [0.5, 0.6) is 0 Å². The minimum atomic E-state index is -3.65. The Morgan fingerprint density at radius 2 is 1.72 bits per heavy atom. The summed E-state index contributed by atoms with van der Waals surface area (Å²) in [5.41, 5.74) is 5.58. The number of anilines is 2. The van der Waals surface area contributed by atoms with Crippen molar-refractivity contribution in [3.8, 4) is 0 Å². The molecule has 2 N–H and O–H groups in total. The molecular formula is C20H24N4O4S. The van der Waals surface area contributed by atoms with Crippen molar-refractivity contribution >= 4 is 38.9 Å². The average Bonchev–Trinajstić information content (AvgIpc) is 2.64. The predicted molar refractivity (Wildman–Crippen MR) is 114 cm³/mol. The second-order valence-corrected chi connectivity index (χ2v) is 8.51. The highest BCUT2D eigenvalue weighted by molar-refractivity contribution is 7.92. The van der Waals surface area contributed by atoms with Crippen LogP contribution >= 0.6 is 0 Å². The Hall–Kier alpha value is -3.20. The number of carbonyl (C=O) groups is 2. The summed E-state index contributed by atoms with van der Waals surface area (Å²) in [6.45, 7) is 4.60. The van der Waals surface area contributed by atoms with E-state index in [1.165, 1.54) is 6.92 Å². The molecule has 2 aromatic carbocycles. The molecule has 0 aliphatic heterocycles. The summed E-state index contributed by atoms with van der Waals surface area (Å²) in [6, 6.07) is 13.8. The van der Waals surface area contributed by atoms with Crippen molar-refractivity contribution in [3.05, 3.63) is 59.7 Å². The van der Waals surface area contributed by atoms with Gasteiger partial charge in [-0.2, -0.15) is 5.10 Å². The first kappa shape index (κ1) is 22.1. The summed E-state index contributed by atoms with van der Waals surface area (Å²) < 4.78 is 25.2. The molecule has 0 heterocycles. The highest BCUT2D eigenvalue weighted by Gasteiger charge is 2.20. The second-order valence-electron chi connectivity index (χ2n) is 6.60. The van der Waals surface area contributed by atoms with Gasteiger partial charge < -0.3 is 5.32 Å². The average molecular weight is 417 g/mol. The second kappa shape index (κ2) is 9.33. The van der Waals surface area contributed by atoms with Crippen LogP contribution in [0.3, 0.4) is 0 Å². The largest absolute Gasteiger partial charge is 0.326 e. The number of benzene rings is 2. The highest BCUT2D eigenvalue weighted by atomic mass is 32.2. The monoisotopic (exact) mass is 416 g/mol. The molecule has 0 saturated carbocycles. The van der Waals surface area contributed by atoms with Crippen molar-refractivity contribution in [1.82, 2.24) is 5.43 Å². The number of rotatable bonds is 7. The van der Waals surface area contributed by atoms with Gasteiger partial charge in [0.15, 0.2) is 0 Å². The van der Waals surface area contributed by atoms with Gasteiger partial charge >= 0.3 is 0 Å². The van der Waals surface area contributed by atoms with E-state index < -0.39 is 22.5 Å². The van der Waals surface area contributed by atoms with Crippen molar-refractivity contribution in [2.75, 3.05) is 22.4 Å². The van der Waals surface area contributed by atoms with Crippen LogP contribution in [0.2, 0.25) is 0 Å². The van der Waals surface area contributed by atoms with Crippen molar-refractivity contribution in [3.63, 3.8) is 0 Å². The molecule has 0 aliphatic rings. The number of sulfonamides is 1. The zero-order chi connectivity index (χ0) is 21.6. The van der Waals surface area contributed by atoms with E-state index in [1.807, 2.05) is 6.92 Å². The minimum Gasteiger partial charge on any atom is -0.326 e. The van der Waals surface area contributed by atoms with E-state index in [0.717, 1.165) is 16.1 Å². The summed E-state index contributed by atoms with van der Waals surface area (Å²) in [6.07, 6.45) is 1.04. The summed E-state index contributed by atoms with van der Waals surface area (Å²) in [5.74, 6) is -0.768. The van der Waals surface area contributed by atoms with Crippen LogP contribution in [0.1, 0.15) is 25.0 Å². The molecule has 0 bridgehead atoms. The molecule has 8 nitrogen and oxygen atoms in total. The Bertz CT molecular complexity index is 1030. The third-order valence-corrected chi connectivity index (χ3v) is 5.10. The molecule has 2 amide bonds. The zero-order valence-corrected chi connectivity index (χ0v) is 17.6. The van der Waals surface area contributed by atoms with Gasteiger partial charge in [-0.1, -0.05) is 29.8 Å². The maximum Gasteiger partial charge on any atom is 0.260 e. The molecular weight excluding hydrogens is 392 g/mol. The molecule has 0 radical (unpaired) electrons. The van der Waals surface area contributed by atoms with Crippen molar-refractivity contribution in [1.29, 1.82) is 0 Å². The standard InChI is InChI=1S/C20H24N4O4S/c1-14-8-10-19(11-9-14)24(29(4,27)28)13-20(26)23-22-15(2)17-6-5-7-18(12-17)21-16(3)25/h5-12H,13H2,1-4H3,(H,21,25)(H,23,26)/b22-15-. The van der Waals surface area contributed by atoms with Gasteiger partial charge in [0, 0.05) is 12.6 Å². The van der Waals surface area contributed by atoms with Crippen LogP contribution in [0.25, 0.3) is 0 Å². The zero-order valence-electron chi connectivity index (χ0n) is 16.8. The van der Waals surface area contributed by atoms with Gasteiger partial charge in [0.2, 0.25) is 15.9 Å². The fraction of sp³-hybridized carbons (Fsp3) is 0.250. The normalized spacial score (nSPS) is 11.7. The molecule has 2 rings (SSSR count). The molecule has 0 unspecified atom stereocenters. The fourth-order valence-corrected chi connectivity index (χ4v) is 3.37. The van der Waals surface area contributed by atoms with E-state index in [1.54, 1.807) is 55.5 Å². The molecule has 0 aromatic heterocycles. The minimum absolute atomic E-state index is 0.193. The lowest BCUT2D eigenvalue weighted by atomic mass is 10.1. The SMILES string of the molecule is CC(=O)Nc1cccc(/C(C)=N\NC(=O)CN(c2ccc(C)cc2)S(C)(=O)=O)c1. The number of carbonyl (C=O) groups excluding carboxylic acids is 2. The fourth-order valence-electron chi connectivity index (χ4n) is 2.51. The third kappa shape index (κ3) is 6.72. The number of amides is 2. The summed E-state index contributed by atoms with van der Waals surface area (Å²) in [5, 5.41) is 6.72. The van der Waals surface area contributed by atoms with E-state index in [0.29, 0.717) is 22.6 Å². The smallest absolute Gasteiger partial charge is 0.260 e. The van der Waals surface area contributed by atoms with Gasteiger partial charge in [0.25, 0.3) is 5.91 Å². The molecule has 9 heteroatoms. The maximum absolute atomic E-state index is 12.3. The van der Waals surface area contributed by atoms with E-state index in [2.05, 4.69) is 15.8 Å². The van der Waals surface area contributed by atoms with E-state index in [-0.39, 0.29) is 5.91 Å². The maximum atomic E-state index is 12.3. The number of nitrogens with one attached hydrogen (secondary N) is 2. The number of hydrogen-bond acceptors (Lipinski definition) is 5. The first-order chi connectivity index (χ1) is 13.6.